The van der Waals surface area contributed by atoms with Crippen LogP contribution in [0, 0.1) is 0 Å². The molecule has 0 saturated heterocycles. The third-order valence-electron chi connectivity index (χ3n) is 2.02. The van der Waals surface area contributed by atoms with Crippen molar-refractivity contribution >= 4 is 34.0 Å². The van der Waals surface area contributed by atoms with Gasteiger partial charge in [-0.05, 0) is 13.8 Å². The van der Waals surface area contributed by atoms with E-state index in [2.05, 4.69) is 9.72 Å². The molecule has 0 amide bonds. The molecule has 0 aliphatic carbocycles. The van der Waals surface area contributed by atoms with E-state index in [1.165, 1.54) is 18.4 Å². The van der Waals surface area contributed by atoms with Gasteiger partial charge in [0, 0.05) is 13.1 Å². The van der Waals surface area contributed by atoms with Crippen molar-refractivity contribution in [1.29, 1.82) is 0 Å². The van der Waals surface area contributed by atoms with Crippen LogP contribution < -0.4 is 4.90 Å². The zero-order valence-corrected chi connectivity index (χ0v) is 10.6. The van der Waals surface area contributed by atoms with Crippen LogP contribution in [0.15, 0.2) is 0 Å². The first-order valence-corrected chi connectivity index (χ1v) is 5.64. The molecule has 0 aromatic carbocycles. The fourth-order valence-electron chi connectivity index (χ4n) is 0.881. The molecule has 0 bridgehead atoms. The summed E-state index contributed by atoms with van der Waals surface area (Å²) in [4.78, 5) is 17.7. The molecule has 0 radical (unpaired) electrons. The van der Waals surface area contributed by atoms with E-state index < -0.39 is 5.97 Å². The summed E-state index contributed by atoms with van der Waals surface area (Å²) in [5.41, 5.74) is 0. The van der Waals surface area contributed by atoms with Gasteiger partial charge in [-0.3, -0.25) is 0 Å². The highest BCUT2D eigenvalue weighted by Gasteiger charge is 2.19. The van der Waals surface area contributed by atoms with E-state index in [1.54, 1.807) is 0 Å². The first kappa shape index (κ1) is 12.3. The van der Waals surface area contributed by atoms with Gasteiger partial charge in [-0.15, -0.1) is 0 Å². The lowest BCUT2D eigenvalue weighted by molar-refractivity contribution is 0.0606. The van der Waals surface area contributed by atoms with Gasteiger partial charge in [0.15, 0.2) is 15.2 Å². The van der Waals surface area contributed by atoms with Crippen LogP contribution in [0.2, 0.25) is 5.15 Å². The number of ether oxygens (including phenoxy) is 1. The summed E-state index contributed by atoms with van der Waals surface area (Å²) in [6, 6.07) is 0.303. The van der Waals surface area contributed by atoms with Crippen LogP contribution >= 0.6 is 22.9 Å². The molecule has 0 N–H and O–H groups in total. The monoisotopic (exact) mass is 248 g/mol. The molecule has 1 aromatic heterocycles. The second-order valence-corrected chi connectivity index (χ2v) is 4.65. The minimum absolute atomic E-state index is 0.203. The van der Waals surface area contributed by atoms with Crippen LogP contribution in [-0.4, -0.2) is 31.2 Å². The summed E-state index contributed by atoms with van der Waals surface area (Å²) in [5.74, 6) is -0.444. The maximum absolute atomic E-state index is 11.3. The van der Waals surface area contributed by atoms with Crippen LogP contribution in [-0.2, 0) is 4.74 Å². The quantitative estimate of drug-likeness (QED) is 0.771. The molecule has 4 nitrogen and oxygen atoms in total. The molecule has 0 unspecified atom stereocenters. The van der Waals surface area contributed by atoms with Gasteiger partial charge in [-0.25, -0.2) is 9.78 Å². The average molecular weight is 249 g/mol. The SMILES string of the molecule is COC(=O)c1sc(N(C)C(C)C)nc1Cl. The molecular formula is C9H13ClN2O2S. The Morgan fingerprint density at radius 1 is 1.60 bits per heavy atom. The second-order valence-electron chi connectivity index (χ2n) is 3.31. The average Bonchev–Trinajstić information content (AvgIpc) is 2.57. The summed E-state index contributed by atoms with van der Waals surface area (Å²) in [5, 5.41) is 0.921. The Morgan fingerprint density at radius 3 is 2.67 bits per heavy atom. The van der Waals surface area contributed by atoms with Crippen LogP contribution in [0.4, 0.5) is 5.13 Å². The Bertz CT molecular complexity index is 365. The van der Waals surface area contributed by atoms with Crippen molar-refractivity contribution in [2.75, 3.05) is 19.1 Å². The molecule has 6 heteroatoms. The molecule has 15 heavy (non-hydrogen) atoms. The minimum atomic E-state index is -0.444. The number of hydrogen-bond donors (Lipinski definition) is 0. The number of nitrogens with zero attached hydrogens (tertiary/aromatic N) is 2. The largest absolute Gasteiger partial charge is 0.465 e. The highest BCUT2D eigenvalue weighted by atomic mass is 35.5. The number of carbonyl (C=O) groups excluding carboxylic acids is 1. The summed E-state index contributed by atoms with van der Waals surface area (Å²) < 4.78 is 4.60. The van der Waals surface area contributed by atoms with Gasteiger partial charge in [-0.2, -0.15) is 0 Å². The third-order valence-corrected chi connectivity index (χ3v) is 3.53. The number of aromatic nitrogens is 1. The maximum Gasteiger partial charge on any atom is 0.351 e. The van der Waals surface area contributed by atoms with Crippen LogP contribution in [0.1, 0.15) is 23.5 Å². The van der Waals surface area contributed by atoms with E-state index in [0.29, 0.717) is 10.9 Å². The lowest BCUT2D eigenvalue weighted by atomic mass is 10.4. The van der Waals surface area contributed by atoms with Crippen molar-refractivity contribution in [3.05, 3.63) is 10.0 Å². The van der Waals surface area contributed by atoms with Crippen molar-refractivity contribution in [2.45, 2.75) is 19.9 Å². The molecule has 0 aliphatic heterocycles. The highest BCUT2D eigenvalue weighted by molar-refractivity contribution is 7.18. The van der Waals surface area contributed by atoms with E-state index in [9.17, 15) is 4.79 Å². The van der Waals surface area contributed by atoms with Crippen LogP contribution in [0.5, 0.6) is 0 Å². The zero-order chi connectivity index (χ0) is 11.6. The first-order chi connectivity index (χ1) is 6.97. The number of anilines is 1. The van der Waals surface area contributed by atoms with E-state index in [0.717, 1.165) is 5.13 Å². The first-order valence-electron chi connectivity index (χ1n) is 4.44. The van der Waals surface area contributed by atoms with Gasteiger partial charge in [-0.1, -0.05) is 22.9 Å². The highest BCUT2D eigenvalue weighted by Crippen LogP contribution is 2.30. The van der Waals surface area contributed by atoms with Crippen molar-refractivity contribution < 1.29 is 9.53 Å². The number of halogens is 1. The Labute approximate surface area is 97.8 Å². The molecule has 0 saturated carbocycles. The molecule has 84 valence electrons. The number of esters is 1. The summed E-state index contributed by atoms with van der Waals surface area (Å²) in [7, 11) is 3.23. The molecular weight excluding hydrogens is 236 g/mol. The predicted molar refractivity (Wildman–Crippen MR) is 62.0 cm³/mol. The van der Waals surface area contributed by atoms with Crippen molar-refractivity contribution in [1.82, 2.24) is 4.98 Å². The van der Waals surface area contributed by atoms with Gasteiger partial charge in [0.2, 0.25) is 0 Å². The number of thiazole rings is 1. The van der Waals surface area contributed by atoms with Crippen molar-refractivity contribution in [2.24, 2.45) is 0 Å². The normalized spacial score (nSPS) is 10.5. The zero-order valence-electron chi connectivity index (χ0n) is 9.07. The lowest BCUT2D eigenvalue weighted by Crippen LogP contribution is -2.25. The summed E-state index contributed by atoms with van der Waals surface area (Å²) in [6.07, 6.45) is 0. The van der Waals surface area contributed by atoms with Crippen molar-refractivity contribution in [3.8, 4) is 0 Å². The van der Waals surface area contributed by atoms with E-state index in [1.807, 2.05) is 25.8 Å². The topological polar surface area (TPSA) is 42.4 Å². The molecule has 1 heterocycles. The third kappa shape index (κ3) is 2.60. The lowest BCUT2D eigenvalue weighted by Gasteiger charge is -2.19. The van der Waals surface area contributed by atoms with Gasteiger partial charge in [0.05, 0.1) is 7.11 Å². The maximum atomic E-state index is 11.3. The Kier molecular flexibility index (Phi) is 3.93. The number of methoxy groups -OCH3 is 1. The molecule has 0 spiro atoms. The second kappa shape index (κ2) is 4.81. The van der Waals surface area contributed by atoms with E-state index >= 15 is 0 Å². The van der Waals surface area contributed by atoms with Crippen LogP contribution in [0.25, 0.3) is 0 Å². The summed E-state index contributed by atoms with van der Waals surface area (Å²) >= 11 is 7.08. The standard InChI is InChI=1S/C9H13ClN2O2S/c1-5(2)12(3)9-11-7(10)6(15-9)8(13)14-4/h5H,1-4H3. The molecule has 0 fully saturated rings. The molecule has 0 aliphatic rings. The molecule has 0 atom stereocenters. The van der Waals surface area contributed by atoms with Gasteiger partial charge in [0.1, 0.15) is 0 Å². The van der Waals surface area contributed by atoms with Gasteiger partial charge in [0.25, 0.3) is 0 Å². The molecule has 1 rings (SSSR count). The predicted octanol–water partition coefficient (Wildman–Crippen LogP) is 2.43. The Morgan fingerprint density at radius 2 is 2.20 bits per heavy atom. The minimum Gasteiger partial charge on any atom is -0.465 e. The van der Waals surface area contributed by atoms with Crippen LogP contribution in [0.3, 0.4) is 0 Å². The van der Waals surface area contributed by atoms with E-state index in [4.69, 9.17) is 11.6 Å². The van der Waals surface area contributed by atoms with Gasteiger partial charge < -0.3 is 9.64 Å². The Balaban J connectivity index is 3.00. The van der Waals surface area contributed by atoms with Gasteiger partial charge >= 0.3 is 5.97 Å². The smallest absolute Gasteiger partial charge is 0.351 e. The Hall–Kier alpha value is -0.810. The fourth-order valence-corrected chi connectivity index (χ4v) is 2.18. The fraction of sp³-hybridized carbons (Fsp3) is 0.556. The van der Waals surface area contributed by atoms with E-state index in [-0.39, 0.29) is 5.15 Å². The summed E-state index contributed by atoms with van der Waals surface area (Å²) in [6.45, 7) is 4.07. The molecule has 1 aromatic rings. The van der Waals surface area contributed by atoms with Crippen molar-refractivity contribution in [3.63, 3.8) is 0 Å². The number of hydrogen-bond acceptors (Lipinski definition) is 5. The number of carbonyl (C=O) groups is 1. The number of rotatable bonds is 3.